The molecule has 6 rings (SSSR count). The zero-order chi connectivity index (χ0) is 24.8. The quantitative estimate of drug-likeness (QED) is 0.244. The van der Waals surface area contributed by atoms with E-state index in [4.69, 9.17) is 23.2 Å². The van der Waals surface area contributed by atoms with Crippen LogP contribution in [0.2, 0.25) is 10.0 Å². The molecule has 2 aromatic heterocycles. The second-order valence-electron chi connectivity index (χ2n) is 8.69. The predicted octanol–water partition coefficient (Wildman–Crippen LogP) is 8.51. The molecule has 6 aromatic rings. The van der Waals surface area contributed by atoms with E-state index >= 15 is 0 Å². The lowest BCUT2D eigenvalue weighted by atomic mass is 9.96. The molecule has 0 aliphatic carbocycles. The molecule has 2 N–H and O–H groups in total. The summed E-state index contributed by atoms with van der Waals surface area (Å²) in [5.41, 5.74) is 6.35. The third-order valence-corrected chi connectivity index (χ3v) is 6.99. The molecule has 0 saturated carbocycles. The number of H-pyrrole nitrogens is 1. The van der Waals surface area contributed by atoms with Gasteiger partial charge >= 0.3 is 5.97 Å². The molecular weight excluding hydrogens is 491 g/mol. The fraction of sp³-hybridized carbons (Fsp3) is 0.0333. The monoisotopic (exact) mass is 510 g/mol. The summed E-state index contributed by atoms with van der Waals surface area (Å²) in [4.78, 5) is 15.6. The molecule has 6 heteroatoms. The number of aromatic nitrogens is 2. The van der Waals surface area contributed by atoms with Crippen LogP contribution in [0.5, 0.6) is 0 Å². The largest absolute Gasteiger partial charge is 0.477 e. The van der Waals surface area contributed by atoms with Gasteiger partial charge < -0.3 is 14.7 Å². The lowest BCUT2D eigenvalue weighted by Crippen LogP contribution is -2.05. The van der Waals surface area contributed by atoms with E-state index in [2.05, 4.69) is 33.8 Å². The molecule has 4 nitrogen and oxygen atoms in total. The average molecular weight is 511 g/mol. The van der Waals surface area contributed by atoms with Crippen LogP contribution in [0, 0.1) is 0 Å². The van der Waals surface area contributed by atoms with Crippen molar-refractivity contribution < 1.29 is 9.90 Å². The maximum Gasteiger partial charge on any atom is 0.353 e. The van der Waals surface area contributed by atoms with E-state index < -0.39 is 5.97 Å². The number of fused-ring (bicyclic) bond motifs is 2. The van der Waals surface area contributed by atoms with Gasteiger partial charge in [0.05, 0.1) is 5.69 Å². The Morgan fingerprint density at radius 2 is 1.47 bits per heavy atom. The van der Waals surface area contributed by atoms with Crippen molar-refractivity contribution in [2.75, 3.05) is 0 Å². The van der Waals surface area contributed by atoms with Gasteiger partial charge in [-0.05, 0) is 41.5 Å². The highest BCUT2D eigenvalue weighted by Crippen LogP contribution is 2.45. The van der Waals surface area contributed by atoms with Crippen LogP contribution < -0.4 is 0 Å². The Kier molecular flexibility index (Phi) is 5.56. The average Bonchev–Trinajstić information content (AvgIpc) is 3.41. The van der Waals surface area contributed by atoms with Crippen LogP contribution in [-0.4, -0.2) is 20.6 Å². The molecule has 0 fully saturated rings. The number of para-hydroxylation sites is 1. The van der Waals surface area contributed by atoms with Crippen LogP contribution in [-0.2, 0) is 6.54 Å². The highest BCUT2D eigenvalue weighted by molar-refractivity contribution is 6.31. The van der Waals surface area contributed by atoms with E-state index in [-0.39, 0.29) is 5.69 Å². The second-order valence-corrected chi connectivity index (χ2v) is 9.56. The normalized spacial score (nSPS) is 11.4. The molecule has 36 heavy (non-hydrogen) atoms. The molecule has 0 radical (unpaired) electrons. The lowest BCUT2D eigenvalue weighted by molar-refractivity contribution is 0.0692. The van der Waals surface area contributed by atoms with Crippen molar-refractivity contribution in [3.63, 3.8) is 0 Å². The van der Waals surface area contributed by atoms with Gasteiger partial charge in [0.2, 0.25) is 0 Å². The van der Waals surface area contributed by atoms with Gasteiger partial charge in [-0.3, -0.25) is 0 Å². The van der Waals surface area contributed by atoms with Crippen molar-refractivity contribution >= 4 is 51.0 Å². The number of carboxylic acids is 1. The maximum absolute atomic E-state index is 12.5. The standard InChI is InChI=1S/C30H20Cl2N2O2/c31-20-12-10-18(11-13-20)17-34-25-9-5-4-8-23(25)26(19-6-2-1-3-7-19)29(34)27-22-15-14-21(32)16-24(22)33-28(27)30(35)36/h1-16,33H,17H2,(H,35,36). The molecule has 176 valence electrons. The molecular formula is C30H20Cl2N2O2. The van der Waals surface area contributed by atoms with Crippen LogP contribution in [0.1, 0.15) is 16.1 Å². The lowest BCUT2D eigenvalue weighted by Gasteiger charge is -2.14. The Bertz CT molecular complexity index is 1750. The van der Waals surface area contributed by atoms with Gasteiger partial charge in [-0.25, -0.2) is 4.79 Å². The number of nitrogens with zero attached hydrogens (tertiary/aromatic N) is 1. The van der Waals surface area contributed by atoms with Gasteiger partial charge in [-0.15, -0.1) is 0 Å². The number of benzene rings is 4. The van der Waals surface area contributed by atoms with Gasteiger partial charge in [-0.1, -0.05) is 89.9 Å². The van der Waals surface area contributed by atoms with Gasteiger partial charge in [-0.2, -0.15) is 0 Å². The van der Waals surface area contributed by atoms with Crippen LogP contribution >= 0.6 is 23.2 Å². The summed E-state index contributed by atoms with van der Waals surface area (Å²) in [6.45, 7) is 0.541. The van der Waals surface area contributed by atoms with Crippen molar-refractivity contribution in [1.29, 1.82) is 0 Å². The van der Waals surface area contributed by atoms with Crippen molar-refractivity contribution in [1.82, 2.24) is 9.55 Å². The Labute approximate surface area is 217 Å². The molecule has 2 heterocycles. The van der Waals surface area contributed by atoms with E-state index in [1.54, 1.807) is 12.1 Å². The Hall–Kier alpha value is -3.99. The van der Waals surface area contributed by atoms with Crippen molar-refractivity contribution in [3.8, 4) is 22.4 Å². The first-order chi connectivity index (χ1) is 17.5. The summed E-state index contributed by atoms with van der Waals surface area (Å²) < 4.78 is 2.20. The number of hydrogen-bond acceptors (Lipinski definition) is 1. The number of aromatic carboxylic acids is 1. The summed E-state index contributed by atoms with van der Waals surface area (Å²) in [5, 5.41) is 13.3. The minimum Gasteiger partial charge on any atom is -0.477 e. The van der Waals surface area contributed by atoms with E-state index in [9.17, 15) is 9.90 Å². The maximum atomic E-state index is 12.5. The number of rotatable bonds is 5. The Morgan fingerprint density at radius 1 is 0.778 bits per heavy atom. The number of carboxylic acid groups (broad SMARTS) is 1. The highest BCUT2D eigenvalue weighted by Gasteiger charge is 2.27. The summed E-state index contributed by atoms with van der Waals surface area (Å²) in [7, 11) is 0. The van der Waals surface area contributed by atoms with Crippen LogP contribution in [0.15, 0.2) is 97.1 Å². The molecule has 0 bridgehead atoms. The summed E-state index contributed by atoms with van der Waals surface area (Å²) in [5.74, 6) is -1.03. The molecule has 0 atom stereocenters. The fourth-order valence-electron chi connectivity index (χ4n) is 4.97. The Morgan fingerprint density at radius 3 is 2.22 bits per heavy atom. The van der Waals surface area contributed by atoms with Gasteiger partial charge in [0.25, 0.3) is 0 Å². The number of halogens is 2. The van der Waals surface area contributed by atoms with E-state index in [0.29, 0.717) is 27.7 Å². The van der Waals surface area contributed by atoms with Crippen molar-refractivity contribution in [3.05, 3.63) is 118 Å². The van der Waals surface area contributed by atoms with Crippen LogP contribution in [0.25, 0.3) is 44.2 Å². The molecule has 0 saturated heterocycles. The topological polar surface area (TPSA) is 58.0 Å². The fourth-order valence-corrected chi connectivity index (χ4v) is 5.27. The number of hydrogen-bond donors (Lipinski definition) is 2. The minimum atomic E-state index is -1.03. The predicted molar refractivity (Wildman–Crippen MR) is 147 cm³/mol. The summed E-state index contributed by atoms with van der Waals surface area (Å²) >= 11 is 12.4. The second kappa shape index (κ2) is 8.90. The van der Waals surface area contributed by atoms with Gasteiger partial charge in [0.1, 0.15) is 5.69 Å². The van der Waals surface area contributed by atoms with Crippen LogP contribution in [0.3, 0.4) is 0 Å². The molecule has 0 unspecified atom stereocenters. The zero-order valence-corrected chi connectivity index (χ0v) is 20.5. The SMILES string of the molecule is O=C(O)c1[nH]c2cc(Cl)ccc2c1-c1c(-c2ccccc2)c2ccccc2n1Cc1ccc(Cl)cc1. The van der Waals surface area contributed by atoms with E-state index in [1.165, 1.54) is 0 Å². The Balaban J connectivity index is 1.77. The van der Waals surface area contributed by atoms with Gasteiger partial charge in [0, 0.05) is 49.5 Å². The minimum absolute atomic E-state index is 0.129. The van der Waals surface area contributed by atoms with E-state index in [0.717, 1.165) is 38.7 Å². The molecule has 0 spiro atoms. The van der Waals surface area contributed by atoms with Gasteiger partial charge in [0.15, 0.2) is 0 Å². The van der Waals surface area contributed by atoms with E-state index in [1.807, 2.05) is 60.7 Å². The van der Waals surface area contributed by atoms with Crippen LogP contribution in [0.4, 0.5) is 0 Å². The summed E-state index contributed by atoms with van der Waals surface area (Å²) in [6, 6.07) is 31.5. The molecule has 0 amide bonds. The molecule has 0 aliphatic heterocycles. The first-order valence-electron chi connectivity index (χ1n) is 11.5. The first kappa shape index (κ1) is 22.5. The zero-order valence-electron chi connectivity index (χ0n) is 19.0. The molecule has 0 aliphatic rings. The summed E-state index contributed by atoms with van der Waals surface area (Å²) in [6.07, 6.45) is 0. The number of nitrogens with one attached hydrogen (secondary N) is 1. The third-order valence-electron chi connectivity index (χ3n) is 6.50. The number of carbonyl (C=O) groups is 1. The molecule has 4 aromatic carbocycles. The van der Waals surface area contributed by atoms with Crippen molar-refractivity contribution in [2.45, 2.75) is 6.54 Å². The third kappa shape index (κ3) is 3.76. The number of aromatic amines is 1. The highest BCUT2D eigenvalue weighted by atomic mass is 35.5. The smallest absolute Gasteiger partial charge is 0.353 e. The first-order valence-corrected chi connectivity index (χ1v) is 12.2. The van der Waals surface area contributed by atoms with Crippen molar-refractivity contribution in [2.24, 2.45) is 0 Å².